The van der Waals surface area contributed by atoms with Crippen LogP contribution in [0.5, 0.6) is 5.75 Å². The molecule has 0 bridgehead atoms. The lowest BCUT2D eigenvalue weighted by molar-refractivity contribution is -0.134. The second-order valence-electron chi connectivity index (χ2n) is 9.25. The van der Waals surface area contributed by atoms with E-state index in [0.29, 0.717) is 12.3 Å². The highest BCUT2D eigenvalue weighted by Gasteiger charge is 2.37. The number of halogens is 2. The van der Waals surface area contributed by atoms with Gasteiger partial charge < -0.3 is 14.7 Å². The van der Waals surface area contributed by atoms with E-state index < -0.39 is 23.6 Å². The molecule has 3 aromatic rings. The van der Waals surface area contributed by atoms with E-state index in [0.717, 1.165) is 22.9 Å². The van der Waals surface area contributed by atoms with Gasteiger partial charge in [-0.25, -0.2) is 13.6 Å². The summed E-state index contributed by atoms with van der Waals surface area (Å²) >= 11 is 0. The summed E-state index contributed by atoms with van der Waals surface area (Å²) in [6.07, 6.45) is 3.06. The molecule has 0 spiro atoms. The molecule has 0 aromatic heterocycles. The van der Waals surface area contributed by atoms with Gasteiger partial charge in [-0.1, -0.05) is 32.0 Å². The van der Waals surface area contributed by atoms with Crippen molar-refractivity contribution < 1.29 is 23.4 Å². The van der Waals surface area contributed by atoms with Crippen LogP contribution in [0.2, 0.25) is 0 Å². The maximum absolute atomic E-state index is 15.6. The summed E-state index contributed by atoms with van der Waals surface area (Å²) in [7, 11) is 1.23. The van der Waals surface area contributed by atoms with Crippen LogP contribution in [0.3, 0.4) is 0 Å². The van der Waals surface area contributed by atoms with E-state index in [1.165, 1.54) is 30.9 Å². The van der Waals surface area contributed by atoms with Gasteiger partial charge in [-0.15, -0.1) is 0 Å². The Morgan fingerprint density at radius 2 is 1.74 bits per heavy atom. The third kappa shape index (κ3) is 4.92. The minimum Gasteiger partial charge on any atom is -0.508 e. The van der Waals surface area contributed by atoms with Crippen LogP contribution in [0.15, 0.2) is 60.7 Å². The number of hydrogen-bond acceptors (Lipinski definition) is 4. The summed E-state index contributed by atoms with van der Waals surface area (Å²) in [6.45, 7) is 6.25. The Bertz CT molecular complexity index is 1240. The number of methoxy groups -OCH3 is 1. The first kappa shape index (κ1) is 24.5. The molecule has 35 heavy (non-hydrogen) atoms. The van der Waals surface area contributed by atoms with Gasteiger partial charge >= 0.3 is 5.97 Å². The summed E-state index contributed by atoms with van der Waals surface area (Å²) in [4.78, 5) is 13.4. The fraction of sp³-hybridized carbons (Fsp3) is 0.276. The molecule has 0 amide bonds. The lowest BCUT2D eigenvalue weighted by Gasteiger charge is -2.44. The average molecular weight is 478 g/mol. The summed E-state index contributed by atoms with van der Waals surface area (Å²) in [5.74, 6) is -1.55. The van der Waals surface area contributed by atoms with Crippen molar-refractivity contribution in [3.05, 3.63) is 100 Å². The molecule has 0 saturated heterocycles. The molecule has 4 rings (SSSR count). The maximum Gasteiger partial charge on any atom is 0.330 e. The monoisotopic (exact) mass is 477 g/mol. The predicted octanol–water partition coefficient (Wildman–Crippen LogP) is 6.52. The highest BCUT2D eigenvalue weighted by molar-refractivity contribution is 5.86. The van der Waals surface area contributed by atoms with Crippen molar-refractivity contribution in [1.29, 1.82) is 0 Å². The Morgan fingerprint density at radius 3 is 2.34 bits per heavy atom. The number of nitrogens with zero attached hydrogens (tertiary/aromatic N) is 1. The Labute approximate surface area is 204 Å². The van der Waals surface area contributed by atoms with Gasteiger partial charge in [0, 0.05) is 17.8 Å². The van der Waals surface area contributed by atoms with Crippen molar-refractivity contribution >= 4 is 17.7 Å². The van der Waals surface area contributed by atoms with Crippen LogP contribution in [0.25, 0.3) is 6.08 Å². The topological polar surface area (TPSA) is 49.8 Å². The zero-order chi connectivity index (χ0) is 25.3. The van der Waals surface area contributed by atoms with Gasteiger partial charge in [0.2, 0.25) is 0 Å². The Balaban J connectivity index is 1.87. The zero-order valence-electron chi connectivity index (χ0n) is 20.3. The summed E-state index contributed by atoms with van der Waals surface area (Å²) in [5.41, 5.74) is 3.78. The average Bonchev–Trinajstić information content (AvgIpc) is 2.81. The van der Waals surface area contributed by atoms with Crippen molar-refractivity contribution in [2.24, 2.45) is 0 Å². The van der Waals surface area contributed by atoms with Crippen molar-refractivity contribution in [1.82, 2.24) is 0 Å². The number of phenolic OH excluding ortho intramolecular Hbond substituents is 1. The van der Waals surface area contributed by atoms with E-state index in [4.69, 9.17) is 0 Å². The minimum absolute atomic E-state index is 0.0772. The van der Waals surface area contributed by atoms with E-state index in [9.17, 15) is 9.90 Å². The molecular weight excluding hydrogens is 448 g/mol. The van der Waals surface area contributed by atoms with Crippen molar-refractivity contribution in [2.45, 2.75) is 45.2 Å². The van der Waals surface area contributed by atoms with Crippen LogP contribution in [-0.4, -0.2) is 24.2 Å². The second-order valence-corrected chi connectivity index (χ2v) is 9.25. The molecule has 1 aliphatic rings. The van der Waals surface area contributed by atoms with E-state index in [-0.39, 0.29) is 22.9 Å². The Kier molecular flexibility index (Phi) is 6.92. The highest BCUT2D eigenvalue weighted by atomic mass is 19.1. The number of carbonyl (C=O) groups is 1. The number of ether oxygens (including phenoxy) is 1. The first-order chi connectivity index (χ1) is 16.7. The lowest BCUT2D eigenvalue weighted by atomic mass is 9.83. The quantitative estimate of drug-likeness (QED) is 0.336. The van der Waals surface area contributed by atoms with Crippen molar-refractivity contribution in [3.8, 4) is 5.75 Å². The van der Waals surface area contributed by atoms with Gasteiger partial charge in [0.25, 0.3) is 0 Å². The number of aromatic hydroxyl groups is 1. The van der Waals surface area contributed by atoms with Gasteiger partial charge in [0.1, 0.15) is 17.4 Å². The van der Waals surface area contributed by atoms with Gasteiger partial charge in [-0.05, 0) is 84.0 Å². The number of fused-ring (bicyclic) bond motifs is 1. The third-order valence-corrected chi connectivity index (χ3v) is 6.54. The number of esters is 1. The van der Waals surface area contributed by atoms with Gasteiger partial charge in [0.15, 0.2) is 0 Å². The molecule has 1 heterocycles. The lowest BCUT2D eigenvalue weighted by Crippen LogP contribution is -2.43. The number of phenols is 1. The van der Waals surface area contributed by atoms with Gasteiger partial charge in [0.05, 0.1) is 18.7 Å². The van der Waals surface area contributed by atoms with E-state index in [2.05, 4.69) is 18.6 Å². The molecule has 3 aromatic carbocycles. The first-order valence-electron chi connectivity index (χ1n) is 11.6. The minimum atomic E-state index is -0.738. The number of benzene rings is 3. The molecular formula is C29H29F2NO3. The van der Waals surface area contributed by atoms with E-state index >= 15 is 8.78 Å². The van der Waals surface area contributed by atoms with Crippen molar-refractivity contribution in [3.63, 3.8) is 0 Å². The molecule has 1 N–H and O–H groups in total. The Morgan fingerprint density at radius 1 is 1.09 bits per heavy atom. The fourth-order valence-corrected chi connectivity index (χ4v) is 4.78. The predicted molar refractivity (Wildman–Crippen MR) is 134 cm³/mol. The van der Waals surface area contributed by atoms with Crippen LogP contribution in [0.4, 0.5) is 14.5 Å². The number of hydrogen-bond donors (Lipinski definition) is 1. The van der Waals surface area contributed by atoms with Crippen LogP contribution < -0.4 is 4.90 Å². The third-order valence-electron chi connectivity index (χ3n) is 6.54. The Hall–Kier alpha value is -3.67. The van der Waals surface area contributed by atoms with E-state index in [1.807, 2.05) is 36.1 Å². The summed E-state index contributed by atoms with van der Waals surface area (Å²) < 4.78 is 35.7. The number of anilines is 1. The normalized spacial score (nSPS) is 17.6. The van der Waals surface area contributed by atoms with Gasteiger partial charge in [-0.3, -0.25) is 0 Å². The van der Waals surface area contributed by atoms with E-state index in [1.54, 1.807) is 18.2 Å². The molecule has 0 aliphatic carbocycles. The second kappa shape index (κ2) is 9.90. The van der Waals surface area contributed by atoms with Gasteiger partial charge in [-0.2, -0.15) is 0 Å². The first-order valence-corrected chi connectivity index (χ1v) is 11.6. The SMILES string of the molecule is COC(=O)/C=C/c1cc(F)c([C@@H]2c3ccc(O)cc3C[C@@H](C)N2c2ccc(C(C)C)cc2)c(F)c1. The van der Waals surface area contributed by atoms with Crippen molar-refractivity contribution in [2.75, 3.05) is 12.0 Å². The van der Waals surface area contributed by atoms with Crippen LogP contribution >= 0.6 is 0 Å². The number of carbonyl (C=O) groups excluding carboxylic acids is 1. The smallest absolute Gasteiger partial charge is 0.330 e. The molecule has 0 unspecified atom stereocenters. The standard InChI is InChI=1S/C29H29F2NO3/c1-17(2)20-6-8-22(9-7-20)32-18(3)13-21-16-23(33)10-11-24(21)29(32)28-25(30)14-19(15-26(28)31)5-12-27(34)35-4/h5-12,14-18,29,33H,13H2,1-4H3/b12-5+/t18-,29+/m1/s1. The van der Waals surface area contributed by atoms with Crippen LogP contribution in [0.1, 0.15) is 60.5 Å². The molecule has 0 radical (unpaired) electrons. The molecule has 0 fully saturated rings. The molecule has 1 aliphatic heterocycles. The zero-order valence-corrected chi connectivity index (χ0v) is 20.3. The fourth-order valence-electron chi connectivity index (χ4n) is 4.78. The molecule has 0 saturated carbocycles. The van der Waals surface area contributed by atoms with Crippen LogP contribution in [-0.2, 0) is 16.0 Å². The molecule has 6 heteroatoms. The number of rotatable bonds is 5. The molecule has 182 valence electrons. The molecule has 2 atom stereocenters. The van der Waals surface area contributed by atoms with Crippen LogP contribution in [0, 0.1) is 11.6 Å². The maximum atomic E-state index is 15.6. The molecule has 4 nitrogen and oxygen atoms in total. The highest BCUT2D eigenvalue weighted by Crippen LogP contribution is 2.43. The summed E-state index contributed by atoms with van der Waals surface area (Å²) in [5, 5.41) is 10.1. The summed E-state index contributed by atoms with van der Waals surface area (Å²) in [6, 6.07) is 14.6. The largest absolute Gasteiger partial charge is 0.508 e.